The average Bonchev–Trinajstić information content (AvgIpc) is 3.21. The molecule has 2 aromatic carbocycles. The van der Waals surface area contributed by atoms with Gasteiger partial charge in [-0.15, -0.1) is 0 Å². The van der Waals surface area contributed by atoms with Crippen LogP contribution in [0.1, 0.15) is 29.8 Å². The number of carbonyl (C=O) groups excluding carboxylic acids is 2. The van der Waals surface area contributed by atoms with Crippen molar-refractivity contribution in [2.45, 2.75) is 26.8 Å². The van der Waals surface area contributed by atoms with Crippen molar-refractivity contribution in [3.8, 4) is 5.69 Å². The summed E-state index contributed by atoms with van der Waals surface area (Å²) in [5.74, 6) is -0.557. The lowest BCUT2D eigenvalue weighted by molar-refractivity contribution is -0.118. The molecule has 0 spiro atoms. The smallest absolute Gasteiger partial charge is 0.251 e. The largest absolute Gasteiger partial charge is 0.340 e. The van der Waals surface area contributed by atoms with Crippen molar-refractivity contribution < 1.29 is 9.59 Å². The van der Waals surface area contributed by atoms with Gasteiger partial charge in [0.25, 0.3) is 5.91 Å². The molecule has 0 aliphatic heterocycles. The first kappa shape index (κ1) is 19.4. The van der Waals surface area contributed by atoms with Crippen LogP contribution in [0.3, 0.4) is 0 Å². The average molecular weight is 376 g/mol. The van der Waals surface area contributed by atoms with Gasteiger partial charge in [0, 0.05) is 29.3 Å². The minimum Gasteiger partial charge on any atom is -0.340 e. The van der Waals surface area contributed by atoms with Gasteiger partial charge in [-0.05, 0) is 49.2 Å². The van der Waals surface area contributed by atoms with Crippen LogP contribution in [0.2, 0.25) is 0 Å². The van der Waals surface area contributed by atoms with E-state index < -0.39 is 6.04 Å². The number of nitrogens with zero attached hydrogens (tertiary/aromatic N) is 2. The van der Waals surface area contributed by atoms with E-state index in [0.29, 0.717) is 11.3 Å². The zero-order valence-electron chi connectivity index (χ0n) is 16.2. The molecule has 1 aromatic heterocycles. The van der Waals surface area contributed by atoms with Gasteiger partial charge in [0.05, 0.1) is 6.33 Å². The van der Waals surface area contributed by atoms with Gasteiger partial charge in [-0.25, -0.2) is 4.98 Å². The Morgan fingerprint density at radius 1 is 1.07 bits per heavy atom. The highest BCUT2D eigenvalue weighted by Crippen LogP contribution is 2.15. The van der Waals surface area contributed by atoms with Gasteiger partial charge in [0.15, 0.2) is 0 Å². The Bertz CT molecular complexity index is 947. The summed E-state index contributed by atoms with van der Waals surface area (Å²) in [4.78, 5) is 29.3. The molecule has 0 bridgehead atoms. The lowest BCUT2D eigenvalue weighted by Crippen LogP contribution is -2.47. The van der Waals surface area contributed by atoms with Crippen LogP contribution in [-0.2, 0) is 4.79 Å². The molecular formula is C22H24N4O2. The Balaban J connectivity index is 1.68. The monoisotopic (exact) mass is 376 g/mol. The summed E-state index contributed by atoms with van der Waals surface area (Å²) < 4.78 is 1.88. The van der Waals surface area contributed by atoms with E-state index in [9.17, 15) is 9.59 Å². The van der Waals surface area contributed by atoms with Crippen LogP contribution in [0.15, 0.2) is 67.3 Å². The number of amides is 2. The van der Waals surface area contributed by atoms with Gasteiger partial charge in [-0.2, -0.15) is 0 Å². The standard InChI is InChI=1S/C22H24N4O2/c1-15(2)20(25-21(27)17-6-4-5-16(3)13-17)22(28)24-18-7-9-19(10-8-18)26-12-11-23-14-26/h4-15,20H,1-3H3,(H,24,28)(H,25,27). The molecule has 1 atom stereocenters. The number of nitrogens with one attached hydrogen (secondary N) is 2. The van der Waals surface area contributed by atoms with Crippen LogP contribution in [0.5, 0.6) is 0 Å². The van der Waals surface area contributed by atoms with Crippen LogP contribution in [0.4, 0.5) is 5.69 Å². The van der Waals surface area contributed by atoms with Gasteiger partial charge in [0.1, 0.15) is 6.04 Å². The van der Waals surface area contributed by atoms with E-state index in [1.54, 1.807) is 24.7 Å². The lowest BCUT2D eigenvalue weighted by atomic mass is 10.0. The number of imidazole rings is 1. The molecule has 0 saturated carbocycles. The van der Waals surface area contributed by atoms with Crippen molar-refractivity contribution in [1.29, 1.82) is 0 Å². The maximum absolute atomic E-state index is 12.8. The molecule has 0 saturated heterocycles. The van der Waals surface area contributed by atoms with E-state index in [1.807, 2.05) is 67.9 Å². The summed E-state index contributed by atoms with van der Waals surface area (Å²) in [5.41, 5.74) is 3.16. The van der Waals surface area contributed by atoms with Crippen molar-refractivity contribution in [3.63, 3.8) is 0 Å². The predicted molar refractivity (Wildman–Crippen MR) is 109 cm³/mol. The number of aryl methyl sites for hydroxylation is 1. The Hall–Kier alpha value is -3.41. The summed E-state index contributed by atoms with van der Waals surface area (Å²) in [6.07, 6.45) is 5.27. The zero-order valence-corrected chi connectivity index (χ0v) is 16.2. The highest BCUT2D eigenvalue weighted by atomic mass is 16.2. The second kappa shape index (κ2) is 8.52. The fraction of sp³-hybridized carbons (Fsp3) is 0.227. The first-order valence-electron chi connectivity index (χ1n) is 9.21. The fourth-order valence-corrected chi connectivity index (χ4v) is 2.89. The molecule has 2 N–H and O–H groups in total. The Labute approximate surface area is 164 Å². The summed E-state index contributed by atoms with van der Waals surface area (Å²) >= 11 is 0. The number of rotatable bonds is 6. The molecule has 6 nitrogen and oxygen atoms in total. The predicted octanol–water partition coefficient (Wildman–Crippen LogP) is 3.57. The Morgan fingerprint density at radius 2 is 1.82 bits per heavy atom. The summed E-state index contributed by atoms with van der Waals surface area (Å²) in [5, 5.41) is 5.74. The highest BCUT2D eigenvalue weighted by molar-refractivity contribution is 6.01. The van der Waals surface area contributed by atoms with Crippen LogP contribution < -0.4 is 10.6 Å². The number of benzene rings is 2. The van der Waals surface area contributed by atoms with E-state index in [1.165, 1.54) is 0 Å². The first-order valence-corrected chi connectivity index (χ1v) is 9.21. The summed E-state index contributed by atoms with van der Waals surface area (Å²) in [6, 6.07) is 14.1. The molecular weight excluding hydrogens is 352 g/mol. The van der Waals surface area contributed by atoms with E-state index in [0.717, 1.165) is 11.3 Å². The topological polar surface area (TPSA) is 76.0 Å². The van der Waals surface area contributed by atoms with Crippen LogP contribution >= 0.6 is 0 Å². The Kier molecular flexibility index (Phi) is 5.89. The highest BCUT2D eigenvalue weighted by Gasteiger charge is 2.24. The van der Waals surface area contributed by atoms with Crippen LogP contribution in [0.25, 0.3) is 5.69 Å². The van der Waals surface area contributed by atoms with Gasteiger partial charge >= 0.3 is 0 Å². The maximum atomic E-state index is 12.8. The van der Waals surface area contributed by atoms with E-state index >= 15 is 0 Å². The summed E-state index contributed by atoms with van der Waals surface area (Å²) in [7, 11) is 0. The molecule has 0 aliphatic carbocycles. The molecule has 0 radical (unpaired) electrons. The molecule has 144 valence electrons. The number of aromatic nitrogens is 2. The Morgan fingerprint density at radius 3 is 2.43 bits per heavy atom. The van der Waals surface area contributed by atoms with Gasteiger partial charge in [-0.1, -0.05) is 31.5 Å². The lowest BCUT2D eigenvalue weighted by Gasteiger charge is -2.22. The molecule has 0 fully saturated rings. The van der Waals surface area contributed by atoms with Gasteiger partial charge < -0.3 is 15.2 Å². The van der Waals surface area contributed by atoms with E-state index in [-0.39, 0.29) is 17.7 Å². The van der Waals surface area contributed by atoms with Crippen molar-refractivity contribution in [3.05, 3.63) is 78.4 Å². The van der Waals surface area contributed by atoms with Crippen molar-refractivity contribution in [2.24, 2.45) is 5.92 Å². The number of hydrogen-bond acceptors (Lipinski definition) is 3. The molecule has 1 heterocycles. The fourth-order valence-electron chi connectivity index (χ4n) is 2.89. The minimum absolute atomic E-state index is 0.0565. The molecule has 28 heavy (non-hydrogen) atoms. The molecule has 3 aromatic rings. The van der Waals surface area contributed by atoms with Gasteiger partial charge in [-0.3, -0.25) is 9.59 Å². The van der Waals surface area contributed by atoms with E-state index in [4.69, 9.17) is 0 Å². The van der Waals surface area contributed by atoms with Gasteiger partial charge in [0.2, 0.25) is 5.91 Å². The van der Waals surface area contributed by atoms with Crippen LogP contribution in [-0.4, -0.2) is 27.4 Å². The third-order valence-corrected chi connectivity index (χ3v) is 4.45. The molecule has 2 amide bonds. The molecule has 6 heteroatoms. The molecule has 0 aliphatic rings. The van der Waals surface area contributed by atoms with Crippen LogP contribution in [0, 0.1) is 12.8 Å². The normalized spacial score (nSPS) is 11.9. The number of hydrogen-bond donors (Lipinski definition) is 2. The first-order chi connectivity index (χ1) is 13.4. The second-order valence-electron chi connectivity index (χ2n) is 7.07. The third-order valence-electron chi connectivity index (χ3n) is 4.45. The summed E-state index contributed by atoms with van der Waals surface area (Å²) in [6.45, 7) is 5.74. The maximum Gasteiger partial charge on any atom is 0.251 e. The zero-order chi connectivity index (χ0) is 20.1. The second-order valence-corrected chi connectivity index (χ2v) is 7.07. The number of carbonyl (C=O) groups is 2. The quantitative estimate of drug-likeness (QED) is 0.690. The van der Waals surface area contributed by atoms with Crippen molar-refractivity contribution in [1.82, 2.24) is 14.9 Å². The third kappa shape index (κ3) is 4.65. The molecule has 1 unspecified atom stereocenters. The SMILES string of the molecule is Cc1cccc(C(=O)NC(C(=O)Nc2ccc(-n3ccnc3)cc2)C(C)C)c1. The van der Waals surface area contributed by atoms with Crippen molar-refractivity contribution in [2.75, 3.05) is 5.32 Å². The number of anilines is 1. The van der Waals surface area contributed by atoms with Crippen molar-refractivity contribution >= 4 is 17.5 Å². The molecule has 3 rings (SSSR count). The van der Waals surface area contributed by atoms with E-state index in [2.05, 4.69) is 15.6 Å². The minimum atomic E-state index is -0.638.